The number of carbonyl (C=O) groups excluding carboxylic acids is 2. The molecule has 120 valence electrons. The zero-order valence-corrected chi connectivity index (χ0v) is 12.6. The highest BCUT2D eigenvalue weighted by Crippen LogP contribution is 2.49. The first-order valence-electron chi connectivity index (χ1n) is 7.38. The Balaban J connectivity index is 1.73. The number of carbonyl (C=O) groups is 2. The predicted molar refractivity (Wildman–Crippen MR) is 78.9 cm³/mol. The van der Waals surface area contributed by atoms with Crippen LogP contribution in [0.3, 0.4) is 0 Å². The van der Waals surface area contributed by atoms with Gasteiger partial charge in [-0.25, -0.2) is 4.79 Å². The van der Waals surface area contributed by atoms with Gasteiger partial charge in [0.25, 0.3) is 0 Å². The fraction of sp³-hybridized carbons (Fsp3) is 0.500. The summed E-state index contributed by atoms with van der Waals surface area (Å²) in [7, 11) is 0. The molecule has 6 heteroatoms. The summed E-state index contributed by atoms with van der Waals surface area (Å²) < 4.78 is 10.0. The SMILES string of the molecule is CCOC(=O)C1([C@@H](O)CNC(=O)OCc2ccccc2)CC1. The van der Waals surface area contributed by atoms with Crippen molar-refractivity contribution in [3.63, 3.8) is 0 Å². The Morgan fingerprint density at radius 3 is 2.55 bits per heavy atom. The van der Waals surface area contributed by atoms with Gasteiger partial charge in [0.15, 0.2) is 0 Å². The Morgan fingerprint density at radius 1 is 1.27 bits per heavy atom. The number of esters is 1. The zero-order chi connectivity index (χ0) is 16.0. The molecule has 1 aromatic rings. The van der Waals surface area contributed by atoms with Crippen molar-refractivity contribution in [2.24, 2.45) is 5.41 Å². The third-order valence-electron chi connectivity index (χ3n) is 3.76. The number of benzene rings is 1. The predicted octanol–water partition coefficient (Wildman–Crippen LogP) is 1.62. The van der Waals surface area contributed by atoms with Gasteiger partial charge < -0.3 is 19.9 Å². The summed E-state index contributed by atoms with van der Waals surface area (Å²) in [6.07, 6.45) is -0.431. The van der Waals surface area contributed by atoms with Crippen molar-refractivity contribution in [2.45, 2.75) is 32.5 Å². The van der Waals surface area contributed by atoms with Crippen molar-refractivity contribution in [3.05, 3.63) is 35.9 Å². The van der Waals surface area contributed by atoms with Gasteiger partial charge in [0, 0.05) is 6.54 Å². The average Bonchev–Trinajstić information content (AvgIpc) is 3.34. The molecule has 0 saturated heterocycles. The maximum absolute atomic E-state index is 11.8. The minimum absolute atomic E-state index is 0.0353. The van der Waals surface area contributed by atoms with E-state index in [1.165, 1.54) is 0 Å². The summed E-state index contributed by atoms with van der Waals surface area (Å²) in [6, 6.07) is 9.29. The van der Waals surface area contributed by atoms with Gasteiger partial charge in [-0.2, -0.15) is 0 Å². The molecule has 0 unspecified atom stereocenters. The van der Waals surface area contributed by atoms with Crippen LogP contribution in [0.15, 0.2) is 30.3 Å². The van der Waals surface area contributed by atoms with Crippen LogP contribution in [0.5, 0.6) is 0 Å². The molecule has 1 saturated carbocycles. The molecule has 2 N–H and O–H groups in total. The van der Waals surface area contributed by atoms with Crippen LogP contribution in [0.25, 0.3) is 0 Å². The second-order valence-electron chi connectivity index (χ2n) is 5.34. The number of hydrogen-bond donors (Lipinski definition) is 2. The van der Waals surface area contributed by atoms with Gasteiger partial charge in [-0.05, 0) is 25.3 Å². The molecule has 1 aliphatic carbocycles. The third kappa shape index (κ3) is 3.98. The van der Waals surface area contributed by atoms with Gasteiger partial charge in [-0.1, -0.05) is 30.3 Å². The Morgan fingerprint density at radius 2 is 1.95 bits per heavy atom. The lowest BCUT2D eigenvalue weighted by atomic mass is 9.99. The summed E-state index contributed by atoms with van der Waals surface area (Å²) in [5.74, 6) is -0.401. The number of hydrogen-bond acceptors (Lipinski definition) is 5. The second kappa shape index (κ2) is 7.26. The summed E-state index contributed by atoms with van der Waals surface area (Å²) in [6.45, 7) is 2.12. The molecule has 1 aromatic carbocycles. The lowest BCUT2D eigenvalue weighted by Gasteiger charge is -2.20. The van der Waals surface area contributed by atoms with Gasteiger partial charge in [-0.15, -0.1) is 0 Å². The third-order valence-corrected chi connectivity index (χ3v) is 3.76. The lowest BCUT2D eigenvalue weighted by molar-refractivity contribution is -0.154. The van der Waals surface area contributed by atoms with Crippen LogP contribution in [-0.2, 0) is 20.9 Å². The average molecular weight is 307 g/mol. The van der Waals surface area contributed by atoms with Crippen LogP contribution >= 0.6 is 0 Å². The maximum Gasteiger partial charge on any atom is 0.407 e. The van der Waals surface area contributed by atoms with Gasteiger partial charge in [0.1, 0.15) is 6.61 Å². The van der Waals surface area contributed by atoms with Gasteiger partial charge in [0.05, 0.1) is 18.1 Å². The fourth-order valence-electron chi connectivity index (χ4n) is 2.23. The van der Waals surface area contributed by atoms with E-state index in [4.69, 9.17) is 9.47 Å². The topological polar surface area (TPSA) is 84.9 Å². The first-order valence-corrected chi connectivity index (χ1v) is 7.38. The van der Waals surface area contributed by atoms with Crippen LogP contribution in [0, 0.1) is 5.41 Å². The summed E-state index contributed by atoms with van der Waals surface area (Å²) in [4.78, 5) is 23.4. The molecule has 1 aliphatic rings. The molecule has 1 fully saturated rings. The number of rotatable bonds is 7. The largest absolute Gasteiger partial charge is 0.465 e. The van der Waals surface area contributed by atoms with E-state index in [-0.39, 0.29) is 19.8 Å². The van der Waals surface area contributed by atoms with E-state index in [2.05, 4.69) is 5.32 Å². The van der Waals surface area contributed by atoms with Crippen molar-refractivity contribution < 1.29 is 24.2 Å². The molecule has 0 aromatic heterocycles. The van der Waals surface area contributed by atoms with Crippen molar-refractivity contribution in [1.82, 2.24) is 5.32 Å². The first-order chi connectivity index (χ1) is 10.6. The van der Waals surface area contributed by atoms with Crippen LogP contribution in [-0.4, -0.2) is 36.4 Å². The number of aliphatic hydroxyl groups excluding tert-OH is 1. The highest BCUT2D eigenvalue weighted by Gasteiger charge is 2.56. The Labute approximate surface area is 129 Å². The number of alkyl carbamates (subject to hydrolysis) is 1. The van der Waals surface area contributed by atoms with Gasteiger partial charge in [0.2, 0.25) is 0 Å². The van der Waals surface area contributed by atoms with E-state index in [9.17, 15) is 14.7 Å². The van der Waals surface area contributed by atoms with E-state index in [0.29, 0.717) is 12.8 Å². The smallest absolute Gasteiger partial charge is 0.407 e. The van der Waals surface area contributed by atoms with Crippen LogP contribution in [0.2, 0.25) is 0 Å². The molecule has 0 aliphatic heterocycles. The van der Waals surface area contributed by atoms with Crippen LogP contribution in [0.4, 0.5) is 4.79 Å². The minimum Gasteiger partial charge on any atom is -0.465 e. The van der Waals surface area contributed by atoms with Crippen LogP contribution < -0.4 is 5.32 Å². The summed E-state index contributed by atoms with van der Waals surface area (Å²) in [5.41, 5.74) is 0.0197. The van der Waals surface area contributed by atoms with Gasteiger partial charge in [-0.3, -0.25) is 4.79 Å². The molecular weight excluding hydrogens is 286 g/mol. The van der Waals surface area contributed by atoms with Crippen molar-refractivity contribution in [2.75, 3.05) is 13.2 Å². The minimum atomic E-state index is -0.962. The van der Waals surface area contributed by atoms with E-state index in [1.807, 2.05) is 30.3 Å². The Kier molecular flexibility index (Phi) is 5.38. The quantitative estimate of drug-likeness (QED) is 0.748. The van der Waals surface area contributed by atoms with E-state index in [1.54, 1.807) is 6.92 Å². The Bertz CT molecular complexity index is 513. The normalized spacial score (nSPS) is 16.5. The molecule has 1 atom stereocenters. The Hall–Kier alpha value is -2.08. The van der Waals surface area contributed by atoms with Crippen molar-refractivity contribution >= 4 is 12.1 Å². The summed E-state index contributed by atoms with van der Waals surface area (Å²) in [5, 5.41) is 12.6. The molecule has 0 radical (unpaired) electrons. The molecule has 0 spiro atoms. The van der Waals surface area contributed by atoms with Crippen LogP contribution in [0.1, 0.15) is 25.3 Å². The molecule has 1 amide bonds. The highest BCUT2D eigenvalue weighted by atomic mass is 16.5. The molecule has 6 nitrogen and oxygen atoms in total. The number of ether oxygens (including phenoxy) is 2. The number of nitrogens with one attached hydrogen (secondary N) is 1. The second-order valence-corrected chi connectivity index (χ2v) is 5.34. The molecular formula is C16H21NO5. The van der Waals surface area contributed by atoms with Crippen molar-refractivity contribution in [3.8, 4) is 0 Å². The monoisotopic (exact) mass is 307 g/mol. The summed E-state index contributed by atoms with van der Waals surface area (Å²) >= 11 is 0. The molecule has 0 bridgehead atoms. The highest BCUT2D eigenvalue weighted by molar-refractivity contribution is 5.80. The fourth-order valence-corrected chi connectivity index (χ4v) is 2.23. The number of aliphatic hydroxyl groups is 1. The maximum atomic E-state index is 11.8. The van der Waals surface area contributed by atoms with E-state index >= 15 is 0 Å². The van der Waals surface area contributed by atoms with E-state index < -0.39 is 23.6 Å². The molecule has 0 heterocycles. The van der Waals surface area contributed by atoms with Crippen molar-refractivity contribution in [1.29, 1.82) is 0 Å². The van der Waals surface area contributed by atoms with E-state index in [0.717, 1.165) is 5.56 Å². The molecule has 22 heavy (non-hydrogen) atoms. The zero-order valence-electron chi connectivity index (χ0n) is 12.6. The first kappa shape index (κ1) is 16.3. The number of amides is 1. The van der Waals surface area contributed by atoms with Gasteiger partial charge >= 0.3 is 12.1 Å². The standard InChI is InChI=1S/C16H21NO5/c1-2-21-14(19)16(8-9-16)13(18)10-17-15(20)22-11-12-6-4-3-5-7-12/h3-7,13,18H,2,8-11H2,1H3,(H,17,20)/t13-/m0/s1. The lowest BCUT2D eigenvalue weighted by Crippen LogP contribution is -2.41. The molecule has 2 rings (SSSR count).